The average molecular weight is 277 g/mol. The van der Waals surface area contributed by atoms with Crippen molar-refractivity contribution >= 4 is 16.8 Å². The molecule has 2 aromatic carbocycles. The van der Waals surface area contributed by atoms with Gasteiger partial charge in [-0.15, -0.1) is 0 Å². The van der Waals surface area contributed by atoms with E-state index in [1.165, 1.54) is 11.0 Å². The van der Waals surface area contributed by atoms with Crippen molar-refractivity contribution in [2.45, 2.75) is 0 Å². The van der Waals surface area contributed by atoms with Crippen LogP contribution in [0.25, 0.3) is 28.1 Å². The highest BCUT2D eigenvalue weighted by atomic mass is 16.5. The van der Waals surface area contributed by atoms with Gasteiger partial charge in [0.15, 0.2) is 0 Å². The lowest BCUT2D eigenvalue weighted by Crippen LogP contribution is -1.88. The molecule has 0 bridgehead atoms. The number of benzene rings is 2. The Morgan fingerprint density at radius 1 is 0.952 bits per heavy atom. The molecule has 0 N–H and O–H groups in total. The fourth-order valence-corrected chi connectivity index (χ4v) is 2.74. The molecule has 104 valence electrons. The fraction of sp³-hybridized carbons (Fsp3) is 0.118. The zero-order chi connectivity index (χ0) is 14.4. The number of rotatable bonds is 2. The average Bonchev–Trinajstić information content (AvgIpc) is 3.08. The van der Waals surface area contributed by atoms with Crippen LogP contribution in [0.5, 0.6) is 5.75 Å². The molecule has 2 aromatic heterocycles. The van der Waals surface area contributed by atoms with Crippen LogP contribution in [0.15, 0.2) is 54.7 Å². The van der Waals surface area contributed by atoms with Crippen molar-refractivity contribution < 1.29 is 4.74 Å². The molecular weight excluding hydrogens is 262 g/mol. The largest absolute Gasteiger partial charge is 0.497 e. The summed E-state index contributed by atoms with van der Waals surface area (Å²) in [5.74, 6) is 1.80. The summed E-state index contributed by atoms with van der Waals surface area (Å²) in [5.41, 5.74) is 4.40. The van der Waals surface area contributed by atoms with Crippen molar-refractivity contribution in [1.29, 1.82) is 0 Å². The second kappa shape index (κ2) is 4.38. The Morgan fingerprint density at radius 2 is 1.67 bits per heavy atom. The van der Waals surface area contributed by atoms with Crippen LogP contribution < -0.4 is 4.74 Å². The number of hydrogen-bond acceptors (Lipinski definition) is 2. The number of ether oxygens (including phenoxy) is 1. The predicted molar refractivity (Wildman–Crippen MR) is 83.7 cm³/mol. The van der Waals surface area contributed by atoms with Crippen LogP contribution in [0.3, 0.4) is 0 Å². The molecule has 0 spiro atoms. The minimum Gasteiger partial charge on any atom is -0.497 e. The number of fused-ring (bicyclic) bond motifs is 3. The van der Waals surface area contributed by atoms with Gasteiger partial charge in [-0.2, -0.15) is 0 Å². The Hall–Kier alpha value is -2.75. The summed E-state index contributed by atoms with van der Waals surface area (Å²) < 4.78 is 9.44. The molecule has 0 aliphatic rings. The number of aryl methyl sites for hydroxylation is 1. The zero-order valence-corrected chi connectivity index (χ0v) is 11.9. The Labute approximate surface area is 122 Å². The molecule has 21 heavy (non-hydrogen) atoms. The van der Waals surface area contributed by atoms with Gasteiger partial charge in [-0.1, -0.05) is 12.1 Å². The monoisotopic (exact) mass is 277 g/mol. The van der Waals surface area contributed by atoms with Crippen molar-refractivity contribution in [2.75, 3.05) is 7.11 Å². The first kappa shape index (κ1) is 12.0. The number of hydrogen-bond donors (Lipinski definition) is 0. The molecule has 0 radical (unpaired) electrons. The Morgan fingerprint density at radius 3 is 2.38 bits per heavy atom. The van der Waals surface area contributed by atoms with Crippen LogP contribution in [-0.2, 0) is 7.05 Å². The van der Waals surface area contributed by atoms with E-state index in [2.05, 4.69) is 33.4 Å². The van der Waals surface area contributed by atoms with E-state index in [9.17, 15) is 0 Å². The molecule has 0 amide bonds. The molecule has 4 rings (SSSR count). The first-order valence-corrected chi connectivity index (χ1v) is 6.85. The standard InChI is InChI=1S/C17H15N3O/c1-19-15-5-3-4-6-16(15)20-11-14(18-17(19)20)12-7-9-13(21-2)10-8-12/h3-11H,1-2H3. The number of para-hydroxylation sites is 2. The van der Waals surface area contributed by atoms with Crippen molar-refractivity contribution in [3.05, 3.63) is 54.7 Å². The van der Waals surface area contributed by atoms with Gasteiger partial charge in [-0.3, -0.25) is 4.40 Å². The summed E-state index contributed by atoms with van der Waals surface area (Å²) >= 11 is 0. The van der Waals surface area contributed by atoms with Gasteiger partial charge in [0.05, 0.1) is 23.8 Å². The summed E-state index contributed by atoms with van der Waals surface area (Å²) in [4.78, 5) is 4.76. The number of nitrogens with zero attached hydrogens (tertiary/aromatic N) is 3. The first-order chi connectivity index (χ1) is 10.3. The summed E-state index contributed by atoms with van der Waals surface area (Å²) in [5, 5.41) is 0. The third-order valence-electron chi connectivity index (χ3n) is 3.88. The molecule has 0 aliphatic heterocycles. The number of aromatic nitrogens is 3. The smallest absolute Gasteiger partial charge is 0.215 e. The highest BCUT2D eigenvalue weighted by molar-refractivity contribution is 5.82. The molecule has 0 aliphatic carbocycles. The van der Waals surface area contributed by atoms with E-state index < -0.39 is 0 Å². The normalized spacial score (nSPS) is 11.3. The van der Waals surface area contributed by atoms with Gasteiger partial charge < -0.3 is 9.30 Å². The fourth-order valence-electron chi connectivity index (χ4n) is 2.74. The van der Waals surface area contributed by atoms with Crippen molar-refractivity contribution in [1.82, 2.24) is 14.0 Å². The zero-order valence-electron chi connectivity index (χ0n) is 11.9. The third kappa shape index (κ3) is 1.72. The minimum absolute atomic E-state index is 0.855. The lowest BCUT2D eigenvalue weighted by Gasteiger charge is -2.00. The van der Waals surface area contributed by atoms with E-state index in [4.69, 9.17) is 9.72 Å². The van der Waals surface area contributed by atoms with Gasteiger partial charge in [0.2, 0.25) is 5.78 Å². The van der Waals surface area contributed by atoms with Crippen LogP contribution in [0.2, 0.25) is 0 Å². The highest BCUT2D eigenvalue weighted by Gasteiger charge is 2.12. The summed E-state index contributed by atoms with van der Waals surface area (Å²) in [6, 6.07) is 16.3. The maximum absolute atomic E-state index is 5.20. The van der Waals surface area contributed by atoms with Crippen LogP contribution in [0.1, 0.15) is 0 Å². The lowest BCUT2D eigenvalue weighted by molar-refractivity contribution is 0.415. The molecule has 0 saturated carbocycles. The van der Waals surface area contributed by atoms with E-state index in [1.54, 1.807) is 7.11 Å². The molecule has 4 heteroatoms. The highest BCUT2D eigenvalue weighted by Crippen LogP contribution is 2.25. The topological polar surface area (TPSA) is 31.5 Å². The van der Waals surface area contributed by atoms with Gasteiger partial charge in [0, 0.05) is 18.8 Å². The molecule has 0 fully saturated rings. The third-order valence-corrected chi connectivity index (χ3v) is 3.88. The van der Waals surface area contributed by atoms with Crippen LogP contribution >= 0.6 is 0 Å². The van der Waals surface area contributed by atoms with Crippen LogP contribution in [-0.4, -0.2) is 21.1 Å². The Balaban J connectivity index is 1.92. The molecule has 0 saturated heterocycles. The van der Waals surface area contributed by atoms with Crippen molar-refractivity contribution in [3.8, 4) is 17.0 Å². The second-order valence-corrected chi connectivity index (χ2v) is 5.07. The SMILES string of the molecule is COc1ccc(-c2cn3c4ccccc4n(C)c3n2)cc1. The van der Waals surface area contributed by atoms with E-state index in [0.29, 0.717) is 0 Å². The van der Waals surface area contributed by atoms with E-state index >= 15 is 0 Å². The molecule has 4 nitrogen and oxygen atoms in total. The quantitative estimate of drug-likeness (QED) is 0.561. The molecular formula is C17H15N3O. The van der Waals surface area contributed by atoms with Crippen molar-refractivity contribution in [3.63, 3.8) is 0 Å². The van der Waals surface area contributed by atoms with E-state index in [-0.39, 0.29) is 0 Å². The predicted octanol–water partition coefficient (Wildman–Crippen LogP) is 3.50. The van der Waals surface area contributed by atoms with Gasteiger partial charge in [0.25, 0.3) is 0 Å². The molecule has 2 heterocycles. The number of methoxy groups -OCH3 is 1. The summed E-state index contributed by atoms with van der Waals surface area (Å²) in [6.45, 7) is 0. The van der Waals surface area contributed by atoms with Gasteiger partial charge in [-0.05, 0) is 36.4 Å². The maximum atomic E-state index is 5.20. The van der Waals surface area contributed by atoms with Gasteiger partial charge >= 0.3 is 0 Å². The molecule has 0 atom stereocenters. The summed E-state index contributed by atoms with van der Waals surface area (Å²) in [7, 11) is 3.72. The van der Waals surface area contributed by atoms with E-state index in [0.717, 1.165) is 22.8 Å². The van der Waals surface area contributed by atoms with E-state index in [1.807, 2.05) is 37.4 Å². The Kier molecular flexibility index (Phi) is 2.51. The van der Waals surface area contributed by atoms with Gasteiger partial charge in [-0.25, -0.2) is 4.98 Å². The molecule has 0 unspecified atom stereocenters. The second-order valence-electron chi connectivity index (χ2n) is 5.07. The number of imidazole rings is 2. The van der Waals surface area contributed by atoms with Crippen molar-refractivity contribution in [2.24, 2.45) is 7.05 Å². The van der Waals surface area contributed by atoms with Crippen LogP contribution in [0.4, 0.5) is 0 Å². The molecule has 4 aromatic rings. The lowest BCUT2D eigenvalue weighted by atomic mass is 10.2. The minimum atomic E-state index is 0.855. The Bertz CT molecular complexity index is 932. The first-order valence-electron chi connectivity index (χ1n) is 6.85. The van der Waals surface area contributed by atoms with Crippen LogP contribution in [0, 0.1) is 0 Å². The maximum Gasteiger partial charge on any atom is 0.215 e. The van der Waals surface area contributed by atoms with Gasteiger partial charge in [0.1, 0.15) is 5.75 Å². The summed E-state index contributed by atoms with van der Waals surface area (Å²) in [6.07, 6.45) is 2.08.